The molecule has 1 heterocycles. The van der Waals surface area contributed by atoms with Crippen LogP contribution in [0.15, 0.2) is 59.8 Å². The number of likely N-dealkylation sites (N-methyl/N-ethyl adjacent to an activating group) is 1. The Balaban J connectivity index is 2.06. The molecule has 1 N–H and O–H groups in total. The van der Waals surface area contributed by atoms with Crippen LogP contribution in [0.3, 0.4) is 0 Å². The van der Waals surface area contributed by atoms with Crippen molar-refractivity contribution in [3.8, 4) is 5.75 Å². The van der Waals surface area contributed by atoms with Crippen molar-refractivity contribution in [2.24, 2.45) is 0 Å². The van der Waals surface area contributed by atoms with Crippen LogP contribution < -0.4 is 10.1 Å². The van der Waals surface area contributed by atoms with Gasteiger partial charge in [0.15, 0.2) is 0 Å². The summed E-state index contributed by atoms with van der Waals surface area (Å²) in [5.74, 6) is -0.533. The van der Waals surface area contributed by atoms with Gasteiger partial charge in [-0.1, -0.05) is 23.7 Å². The third-order valence-electron chi connectivity index (χ3n) is 4.62. The van der Waals surface area contributed by atoms with Crippen LogP contribution in [0.25, 0.3) is 0 Å². The maximum atomic E-state index is 13.2. The Hall–Kier alpha value is -3.06. The zero-order valence-corrected chi connectivity index (χ0v) is 17.4. The van der Waals surface area contributed by atoms with Gasteiger partial charge < -0.3 is 14.8 Å². The van der Waals surface area contributed by atoms with Crippen LogP contribution in [0.1, 0.15) is 25.5 Å². The van der Waals surface area contributed by atoms with E-state index in [-0.39, 0.29) is 30.6 Å². The first kappa shape index (κ1) is 21.6. The van der Waals surface area contributed by atoms with Crippen LogP contribution in [0.2, 0.25) is 5.02 Å². The molecule has 0 spiro atoms. The Kier molecular flexibility index (Phi) is 6.95. The average molecular weight is 433 g/mol. The summed E-state index contributed by atoms with van der Waals surface area (Å²) in [7, 11) is 0. The van der Waals surface area contributed by atoms with Crippen molar-refractivity contribution in [2.75, 3.05) is 19.8 Å². The largest absolute Gasteiger partial charge is 0.487 e. The van der Waals surface area contributed by atoms with Gasteiger partial charge in [0.25, 0.3) is 0 Å². The van der Waals surface area contributed by atoms with Gasteiger partial charge in [-0.25, -0.2) is 14.0 Å². The van der Waals surface area contributed by atoms with Crippen LogP contribution in [-0.2, 0) is 9.53 Å². The number of hydrogen-bond acceptors (Lipinski definition) is 4. The van der Waals surface area contributed by atoms with Crippen LogP contribution in [0, 0.1) is 5.82 Å². The van der Waals surface area contributed by atoms with E-state index in [1.807, 2.05) is 0 Å². The summed E-state index contributed by atoms with van der Waals surface area (Å²) in [6.07, 6.45) is 0. The summed E-state index contributed by atoms with van der Waals surface area (Å²) in [6.45, 7) is 3.93. The summed E-state index contributed by atoms with van der Waals surface area (Å²) in [4.78, 5) is 27.1. The number of nitrogens with one attached hydrogen (secondary N) is 1. The van der Waals surface area contributed by atoms with Crippen LogP contribution in [0.4, 0.5) is 9.18 Å². The highest BCUT2D eigenvalue weighted by Crippen LogP contribution is 2.33. The van der Waals surface area contributed by atoms with Gasteiger partial charge in [-0.15, -0.1) is 0 Å². The summed E-state index contributed by atoms with van der Waals surface area (Å²) >= 11 is 6.12. The van der Waals surface area contributed by atoms with Crippen molar-refractivity contribution in [2.45, 2.75) is 19.9 Å². The van der Waals surface area contributed by atoms with Crippen molar-refractivity contribution < 1.29 is 23.5 Å². The molecule has 3 rings (SSSR count). The number of esters is 1. The minimum absolute atomic E-state index is 0.0713. The van der Waals surface area contributed by atoms with E-state index in [1.165, 1.54) is 29.2 Å². The maximum Gasteiger partial charge on any atom is 0.338 e. The minimum atomic E-state index is -0.745. The highest BCUT2D eigenvalue weighted by atomic mass is 35.5. The molecule has 0 bridgehead atoms. The first-order valence-corrected chi connectivity index (χ1v) is 9.94. The van der Waals surface area contributed by atoms with Gasteiger partial charge in [0, 0.05) is 11.6 Å². The molecule has 1 aliphatic rings. The number of halogens is 2. The first-order chi connectivity index (χ1) is 14.4. The average Bonchev–Trinajstić information content (AvgIpc) is 2.73. The van der Waals surface area contributed by atoms with Crippen LogP contribution >= 0.6 is 11.6 Å². The second kappa shape index (κ2) is 9.63. The number of carbonyl (C=O) groups is 2. The lowest BCUT2D eigenvalue weighted by molar-refractivity contribution is -0.139. The summed E-state index contributed by atoms with van der Waals surface area (Å²) in [5, 5.41) is 3.33. The van der Waals surface area contributed by atoms with Gasteiger partial charge in [0.05, 0.1) is 23.9 Å². The number of nitrogens with zero attached hydrogens (tertiary/aromatic N) is 1. The molecule has 8 heteroatoms. The van der Waals surface area contributed by atoms with E-state index < -0.39 is 12.0 Å². The number of urea groups is 1. The van der Waals surface area contributed by atoms with Crippen molar-refractivity contribution in [1.82, 2.24) is 10.2 Å². The smallest absolute Gasteiger partial charge is 0.338 e. The molecule has 0 saturated carbocycles. The van der Waals surface area contributed by atoms with Gasteiger partial charge in [-0.2, -0.15) is 0 Å². The molecule has 2 aromatic rings. The molecule has 0 unspecified atom stereocenters. The lowest BCUT2D eigenvalue weighted by Crippen LogP contribution is -2.49. The topological polar surface area (TPSA) is 67.9 Å². The summed E-state index contributed by atoms with van der Waals surface area (Å²) in [5.41, 5.74) is 1.30. The Morgan fingerprint density at radius 1 is 1.20 bits per heavy atom. The van der Waals surface area contributed by atoms with Gasteiger partial charge in [-0.3, -0.25) is 4.90 Å². The Bertz CT molecular complexity index is 962. The predicted molar refractivity (Wildman–Crippen MR) is 111 cm³/mol. The molecule has 6 nitrogen and oxygen atoms in total. The Morgan fingerprint density at radius 3 is 2.57 bits per heavy atom. The van der Waals surface area contributed by atoms with Crippen molar-refractivity contribution in [3.63, 3.8) is 0 Å². The molecular weight excluding hydrogens is 411 g/mol. The molecule has 0 radical (unpaired) electrons. The van der Waals surface area contributed by atoms with E-state index >= 15 is 0 Å². The lowest BCUT2D eigenvalue weighted by Gasteiger charge is -2.36. The highest BCUT2D eigenvalue weighted by molar-refractivity contribution is 6.30. The fourth-order valence-electron chi connectivity index (χ4n) is 3.26. The van der Waals surface area contributed by atoms with Gasteiger partial charge in [-0.05, 0) is 55.8 Å². The van der Waals surface area contributed by atoms with E-state index in [0.717, 1.165) is 0 Å². The van der Waals surface area contributed by atoms with Gasteiger partial charge in [0.2, 0.25) is 0 Å². The maximum absolute atomic E-state index is 13.2. The molecule has 158 valence electrons. The quantitative estimate of drug-likeness (QED) is 0.656. The zero-order chi connectivity index (χ0) is 21.7. The number of hydrogen-bond donors (Lipinski definition) is 1. The lowest BCUT2D eigenvalue weighted by atomic mass is 9.94. The summed E-state index contributed by atoms with van der Waals surface area (Å²) in [6, 6.07) is 11.3. The van der Waals surface area contributed by atoms with Gasteiger partial charge in [0.1, 0.15) is 18.2 Å². The fraction of sp³-hybridized carbons (Fsp3) is 0.273. The molecule has 2 aromatic carbocycles. The van der Waals surface area contributed by atoms with E-state index in [0.29, 0.717) is 28.6 Å². The molecule has 2 amide bonds. The number of benzene rings is 2. The number of carbonyl (C=O) groups excluding carboxylic acids is 2. The van der Waals surface area contributed by atoms with Crippen LogP contribution in [-0.4, -0.2) is 36.7 Å². The van der Waals surface area contributed by atoms with Crippen molar-refractivity contribution in [1.29, 1.82) is 0 Å². The molecule has 30 heavy (non-hydrogen) atoms. The molecular formula is C22H22ClFN2O4. The molecule has 0 aliphatic carbocycles. The zero-order valence-electron chi connectivity index (χ0n) is 16.7. The highest BCUT2D eigenvalue weighted by Gasteiger charge is 2.38. The Morgan fingerprint density at radius 2 is 1.93 bits per heavy atom. The molecule has 0 aromatic heterocycles. The molecule has 0 fully saturated rings. The SMILES string of the molecule is CCOC(=O)C1=C(COc2ccc(F)cc2)N(CC)C(=O)N[C@@H]1c1cccc(Cl)c1. The van der Waals surface area contributed by atoms with E-state index in [1.54, 1.807) is 38.1 Å². The van der Waals surface area contributed by atoms with E-state index in [2.05, 4.69) is 5.32 Å². The van der Waals surface area contributed by atoms with Crippen molar-refractivity contribution >= 4 is 23.6 Å². The fourth-order valence-corrected chi connectivity index (χ4v) is 3.46. The monoisotopic (exact) mass is 432 g/mol. The third kappa shape index (κ3) is 4.74. The Labute approximate surface area is 179 Å². The van der Waals surface area contributed by atoms with Crippen LogP contribution in [0.5, 0.6) is 5.75 Å². The van der Waals surface area contributed by atoms with Crippen molar-refractivity contribution in [3.05, 3.63) is 76.2 Å². The van der Waals surface area contributed by atoms with E-state index in [9.17, 15) is 14.0 Å². The third-order valence-corrected chi connectivity index (χ3v) is 4.86. The van der Waals surface area contributed by atoms with E-state index in [4.69, 9.17) is 21.1 Å². The first-order valence-electron chi connectivity index (χ1n) is 9.56. The predicted octanol–water partition coefficient (Wildman–Crippen LogP) is 4.46. The molecule has 1 atom stereocenters. The molecule has 1 aliphatic heterocycles. The standard InChI is InChI=1S/C22H22ClFN2O4/c1-3-26-18(13-30-17-10-8-16(24)9-11-17)19(21(27)29-4-2)20(25-22(26)28)14-6-5-7-15(23)12-14/h5-12,20H,3-4,13H2,1-2H3,(H,25,28)/t20-/m1/s1. The second-order valence-corrected chi connectivity index (χ2v) is 6.94. The number of amides is 2. The van der Waals surface area contributed by atoms with Gasteiger partial charge >= 0.3 is 12.0 Å². The molecule has 0 saturated heterocycles. The number of rotatable bonds is 7. The summed E-state index contributed by atoms with van der Waals surface area (Å²) < 4.78 is 24.2. The normalized spacial score (nSPS) is 16.3. The number of ether oxygens (including phenoxy) is 2. The second-order valence-electron chi connectivity index (χ2n) is 6.51. The minimum Gasteiger partial charge on any atom is -0.487 e.